The van der Waals surface area contributed by atoms with Crippen LogP contribution in [0.15, 0.2) is 72.8 Å². The summed E-state index contributed by atoms with van der Waals surface area (Å²) in [5.41, 5.74) is 4.11. The van der Waals surface area contributed by atoms with Crippen molar-refractivity contribution in [3.8, 4) is 11.5 Å². The van der Waals surface area contributed by atoms with Crippen LogP contribution in [0.2, 0.25) is 0 Å². The van der Waals surface area contributed by atoms with Gasteiger partial charge in [0, 0.05) is 5.69 Å². The summed E-state index contributed by atoms with van der Waals surface area (Å²) in [6.07, 6.45) is 2.17. The Morgan fingerprint density at radius 1 is 0.889 bits per heavy atom. The maximum Gasteiger partial charge on any atom is 0.228 e. The number of ether oxygens (including phenoxy) is 1. The first-order valence-electron chi connectivity index (χ1n) is 8.92. The zero-order chi connectivity index (χ0) is 19.1. The number of phenolic OH excluding ortho intramolecular Hbond substituents is 1. The minimum atomic E-state index is -0.111. The molecule has 1 amide bonds. The van der Waals surface area contributed by atoms with E-state index in [2.05, 4.69) is 29.6 Å². The Morgan fingerprint density at radius 2 is 1.52 bits per heavy atom. The van der Waals surface area contributed by atoms with Crippen LogP contribution in [0.3, 0.4) is 0 Å². The highest BCUT2D eigenvalue weighted by molar-refractivity contribution is 5.92. The van der Waals surface area contributed by atoms with Gasteiger partial charge in [0.1, 0.15) is 0 Å². The van der Waals surface area contributed by atoms with E-state index in [4.69, 9.17) is 4.74 Å². The second-order valence-electron chi connectivity index (χ2n) is 6.41. The molecule has 3 aromatic rings. The molecular weight excluding hydrogens is 338 g/mol. The van der Waals surface area contributed by atoms with Crippen molar-refractivity contribution in [3.05, 3.63) is 89.5 Å². The van der Waals surface area contributed by atoms with Gasteiger partial charge in [-0.3, -0.25) is 4.79 Å². The first-order valence-corrected chi connectivity index (χ1v) is 8.92. The summed E-state index contributed by atoms with van der Waals surface area (Å²) in [5, 5.41) is 12.5. The molecule has 0 atom stereocenters. The van der Waals surface area contributed by atoms with Crippen LogP contribution in [0, 0.1) is 0 Å². The van der Waals surface area contributed by atoms with Gasteiger partial charge in [0.05, 0.1) is 13.5 Å². The maximum atomic E-state index is 12.2. The summed E-state index contributed by atoms with van der Waals surface area (Å²) in [6.45, 7) is 0. The number of hydrogen-bond acceptors (Lipinski definition) is 3. The average molecular weight is 361 g/mol. The summed E-state index contributed by atoms with van der Waals surface area (Å²) >= 11 is 0. The van der Waals surface area contributed by atoms with Crippen LogP contribution in [-0.2, 0) is 24.1 Å². The average Bonchev–Trinajstić information content (AvgIpc) is 2.69. The van der Waals surface area contributed by atoms with Gasteiger partial charge in [-0.2, -0.15) is 0 Å². The summed E-state index contributed by atoms with van der Waals surface area (Å²) in [6, 6.07) is 23.2. The van der Waals surface area contributed by atoms with Gasteiger partial charge in [0.2, 0.25) is 5.91 Å². The molecular formula is C23H23NO3. The van der Waals surface area contributed by atoms with Crippen molar-refractivity contribution in [1.29, 1.82) is 0 Å². The van der Waals surface area contributed by atoms with Crippen molar-refractivity contribution in [2.24, 2.45) is 0 Å². The molecule has 4 heteroatoms. The summed E-state index contributed by atoms with van der Waals surface area (Å²) < 4.78 is 5.07. The Bertz CT molecular complexity index is 889. The first-order chi connectivity index (χ1) is 13.1. The zero-order valence-corrected chi connectivity index (χ0v) is 15.3. The van der Waals surface area contributed by atoms with Crippen LogP contribution in [-0.4, -0.2) is 18.1 Å². The SMILES string of the molecule is COc1cc(CC(=O)Nc2ccc(CCc3ccccc3)cc2)ccc1O. The predicted octanol–water partition coefficient (Wildman–Crippen LogP) is 4.37. The van der Waals surface area contributed by atoms with Crippen molar-refractivity contribution >= 4 is 11.6 Å². The number of carbonyl (C=O) groups is 1. The molecule has 0 saturated carbocycles. The number of aromatic hydroxyl groups is 1. The standard InChI is InChI=1S/C23H23NO3/c1-27-22-15-19(11-14-21(22)25)16-23(26)24-20-12-9-18(10-13-20)8-7-17-5-3-2-4-6-17/h2-6,9-15,25H,7-8,16H2,1H3,(H,24,26). The van der Waals surface area contributed by atoms with Crippen LogP contribution < -0.4 is 10.1 Å². The van der Waals surface area contributed by atoms with Crippen molar-refractivity contribution < 1.29 is 14.6 Å². The molecule has 0 fully saturated rings. The van der Waals surface area contributed by atoms with E-state index in [0.717, 1.165) is 24.1 Å². The molecule has 138 valence electrons. The molecule has 27 heavy (non-hydrogen) atoms. The zero-order valence-electron chi connectivity index (χ0n) is 15.3. The molecule has 2 N–H and O–H groups in total. The van der Waals surface area contributed by atoms with Gasteiger partial charge in [-0.25, -0.2) is 0 Å². The quantitative estimate of drug-likeness (QED) is 0.657. The molecule has 0 heterocycles. The molecule has 0 aliphatic carbocycles. The monoisotopic (exact) mass is 361 g/mol. The molecule has 0 aliphatic rings. The number of nitrogens with one attached hydrogen (secondary N) is 1. The third-order valence-corrected chi connectivity index (χ3v) is 4.39. The van der Waals surface area contributed by atoms with Gasteiger partial charge < -0.3 is 15.2 Å². The van der Waals surface area contributed by atoms with Gasteiger partial charge in [0.15, 0.2) is 11.5 Å². The Balaban J connectivity index is 1.54. The van der Waals surface area contributed by atoms with Gasteiger partial charge in [-0.15, -0.1) is 0 Å². The predicted molar refractivity (Wildman–Crippen MR) is 107 cm³/mol. The lowest BCUT2D eigenvalue weighted by atomic mass is 10.0. The number of aryl methyl sites for hydroxylation is 2. The lowest BCUT2D eigenvalue weighted by molar-refractivity contribution is -0.115. The molecule has 0 saturated heterocycles. The van der Waals surface area contributed by atoms with E-state index in [0.29, 0.717) is 5.75 Å². The number of rotatable bonds is 7. The minimum absolute atomic E-state index is 0.0627. The van der Waals surface area contributed by atoms with E-state index >= 15 is 0 Å². The Hall–Kier alpha value is -3.27. The van der Waals surface area contributed by atoms with Gasteiger partial charge in [0.25, 0.3) is 0 Å². The molecule has 0 aliphatic heterocycles. The lowest BCUT2D eigenvalue weighted by Crippen LogP contribution is -2.14. The molecule has 0 bridgehead atoms. The Kier molecular flexibility index (Phi) is 6.10. The Labute approximate surface area is 159 Å². The molecule has 0 radical (unpaired) electrons. The normalized spacial score (nSPS) is 10.4. The summed E-state index contributed by atoms with van der Waals surface area (Å²) in [4.78, 5) is 12.2. The topological polar surface area (TPSA) is 58.6 Å². The molecule has 0 spiro atoms. The van der Waals surface area contributed by atoms with E-state index in [1.54, 1.807) is 12.1 Å². The number of hydrogen-bond donors (Lipinski definition) is 2. The van der Waals surface area contributed by atoms with E-state index in [1.165, 1.54) is 24.3 Å². The number of phenols is 1. The molecule has 0 aromatic heterocycles. The van der Waals surface area contributed by atoms with Gasteiger partial charge in [-0.05, 0) is 53.8 Å². The largest absolute Gasteiger partial charge is 0.504 e. The van der Waals surface area contributed by atoms with Crippen LogP contribution in [0.1, 0.15) is 16.7 Å². The summed E-state index contributed by atoms with van der Waals surface area (Å²) in [7, 11) is 1.48. The fourth-order valence-corrected chi connectivity index (χ4v) is 2.91. The van der Waals surface area contributed by atoms with Crippen molar-refractivity contribution in [2.75, 3.05) is 12.4 Å². The van der Waals surface area contributed by atoms with Gasteiger partial charge >= 0.3 is 0 Å². The van der Waals surface area contributed by atoms with E-state index in [-0.39, 0.29) is 18.1 Å². The first kappa shape index (κ1) is 18.5. The molecule has 0 unspecified atom stereocenters. The van der Waals surface area contributed by atoms with Gasteiger partial charge in [-0.1, -0.05) is 48.5 Å². The van der Waals surface area contributed by atoms with Crippen molar-refractivity contribution in [1.82, 2.24) is 0 Å². The fourth-order valence-electron chi connectivity index (χ4n) is 2.91. The molecule has 3 aromatic carbocycles. The number of methoxy groups -OCH3 is 1. The van der Waals surface area contributed by atoms with E-state index < -0.39 is 0 Å². The van der Waals surface area contributed by atoms with Crippen LogP contribution in [0.4, 0.5) is 5.69 Å². The highest BCUT2D eigenvalue weighted by atomic mass is 16.5. The highest BCUT2D eigenvalue weighted by Gasteiger charge is 2.08. The second-order valence-corrected chi connectivity index (χ2v) is 6.41. The van der Waals surface area contributed by atoms with E-state index in [9.17, 15) is 9.90 Å². The fraction of sp³-hybridized carbons (Fsp3) is 0.174. The number of amides is 1. The summed E-state index contributed by atoms with van der Waals surface area (Å²) in [5.74, 6) is 0.315. The van der Waals surface area contributed by atoms with Crippen LogP contribution >= 0.6 is 0 Å². The minimum Gasteiger partial charge on any atom is -0.504 e. The Morgan fingerprint density at radius 3 is 2.19 bits per heavy atom. The third kappa shape index (κ3) is 5.35. The van der Waals surface area contributed by atoms with Crippen molar-refractivity contribution in [2.45, 2.75) is 19.3 Å². The number of carbonyl (C=O) groups excluding carboxylic acids is 1. The second kappa shape index (κ2) is 8.90. The number of benzene rings is 3. The molecule has 3 rings (SSSR count). The third-order valence-electron chi connectivity index (χ3n) is 4.39. The van der Waals surface area contributed by atoms with E-state index in [1.807, 2.05) is 30.3 Å². The molecule has 4 nitrogen and oxygen atoms in total. The lowest BCUT2D eigenvalue weighted by Gasteiger charge is -2.09. The number of anilines is 1. The van der Waals surface area contributed by atoms with Crippen LogP contribution in [0.5, 0.6) is 11.5 Å². The highest BCUT2D eigenvalue weighted by Crippen LogP contribution is 2.26. The van der Waals surface area contributed by atoms with Crippen LogP contribution in [0.25, 0.3) is 0 Å². The maximum absolute atomic E-state index is 12.2. The smallest absolute Gasteiger partial charge is 0.228 e. The van der Waals surface area contributed by atoms with Crippen molar-refractivity contribution in [3.63, 3.8) is 0 Å².